The molecule has 24 heavy (non-hydrogen) atoms. The minimum absolute atomic E-state index is 0.184. The molecule has 0 spiro atoms. The van der Waals surface area contributed by atoms with E-state index < -0.39 is 0 Å². The minimum atomic E-state index is -0.241. The molecular weight excluding hydrogens is 306 g/mol. The van der Waals surface area contributed by atoms with Crippen LogP contribution < -0.4 is 10.6 Å². The summed E-state index contributed by atoms with van der Waals surface area (Å²) >= 11 is 0. The number of likely N-dealkylation sites (tertiary alicyclic amines) is 1. The van der Waals surface area contributed by atoms with E-state index >= 15 is 0 Å². The number of carbonyl (C=O) groups is 1. The number of pyridine rings is 1. The third-order valence-corrected chi connectivity index (χ3v) is 4.14. The summed E-state index contributed by atoms with van der Waals surface area (Å²) in [6.45, 7) is 5.53. The van der Waals surface area contributed by atoms with E-state index in [0.717, 1.165) is 39.0 Å². The van der Waals surface area contributed by atoms with Crippen molar-refractivity contribution in [3.63, 3.8) is 0 Å². The van der Waals surface area contributed by atoms with Gasteiger partial charge in [-0.05, 0) is 31.4 Å². The van der Waals surface area contributed by atoms with Crippen molar-refractivity contribution in [1.29, 1.82) is 0 Å². The number of nitrogens with zero attached hydrogens (tertiary/aromatic N) is 5. The van der Waals surface area contributed by atoms with Crippen molar-refractivity contribution in [2.75, 3.05) is 18.4 Å². The maximum absolute atomic E-state index is 12.0. The van der Waals surface area contributed by atoms with Crippen molar-refractivity contribution in [3.05, 3.63) is 36.4 Å². The lowest BCUT2D eigenvalue weighted by atomic mass is 10.0. The molecule has 8 heteroatoms. The van der Waals surface area contributed by atoms with Gasteiger partial charge >= 0.3 is 6.03 Å². The lowest BCUT2D eigenvalue weighted by Crippen LogP contribution is -2.45. The number of hydrogen-bond acceptors (Lipinski definition) is 5. The van der Waals surface area contributed by atoms with Gasteiger partial charge < -0.3 is 5.32 Å². The molecule has 3 rings (SSSR count). The van der Waals surface area contributed by atoms with Gasteiger partial charge in [0.1, 0.15) is 6.33 Å². The van der Waals surface area contributed by atoms with Crippen LogP contribution in [0.3, 0.4) is 0 Å². The van der Waals surface area contributed by atoms with Gasteiger partial charge in [-0.2, -0.15) is 0 Å². The van der Waals surface area contributed by atoms with E-state index in [1.54, 1.807) is 17.2 Å². The maximum atomic E-state index is 12.0. The number of nitrogens with one attached hydrogen (secondary N) is 2. The van der Waals surface area contributed by atoms with Crippen molar-refractivity contribution < 1.29 is 4.79 Å². The van der Waals surface area contributed by atoms with Crippen LogP contribution in [0.5, 0.6) is 0 Å². The third kappa shape index (κ3) is 4.51. The Morgan fingerprint density at radius 2 is 2.21 bits per heavy atom. The van der Waals surface area contributed by atoms with Crippen LogP contribution in [0.15, 0.2) is 30.9 Å². The van der Waals surface area contributed by atoms with Crippen molar-refractivity contribution >= 4 is 12.0 Å². The highest BCUT2D eigenvalue weighted by Crippen LogP contribution is 2.13. The van der Waals surface area contributed by atoms with E-state index in [2.05, 4.69) is 36.7 Å². The molecule has 2 aromatic heterocycles. The van der Waals surface area contributed by atoms with Crippen molar-refractivity contribution in [3.8, 4) is 0 Å². The van der Waals surface area contributed by atoms with Gasteiger partial charge in [0.2, 0.25) is 5.95 Å². The molecule has 1 aliphatic heterocycles. The van der Waals surface area contributed by atoms with Crippen LogP contribution >= 0.6 is 0 Å². The Bertz CT molecular complexity index is 649. The molecule has 3 heterocycles. The quantitative estimate of drug-likeness (QED) is 0.867. The Morgan fingerprint density at radius 3 is 2.88 bits per heavy atom. The lowest BCUT2D eigenvalue weighted by Gasteiger charge is -2.32. The molecule has 0 saturated carbocycles. The largest absolute Gasteiger partial charge is 0.335 e. The van der Waals surface area contributed by atoms with Gasteiger partial charge in [-0.1, -0.05) is 6.07 Å². The molecule has 0 aliphatic carbocycles. The average molecular weight is 329 g/mol. The Kier molecular flexibility index (Phi) is 5.37. The fraction of sp³-hybridized carbons (Fsp3) is 0.500. The second kappa shape index (κ2) is 7.87. The molecular formula is C16H23N7O. The molecule has 0 aromatic carbocycles. The van der Waals surface area contributed by atoms with Gasteiger partial charge in [-0.3, -0.25) is 19.9 Å². The molecule has 0 radical (unpaired) electrons. The van der Waals surface area contributed by atoms with Crippen LogP contribution in [-0.4, -0.2) is 49.8 Å². The van der Waals surface area contributed by atoms with Gasteiger partial charge in [-0.15, -0.1) is 5.10 Å². The number of amides is 2. The van der Waals surface area contributed by atoms with Crippen LogP contribution in [0.4, 0.5) is 10.7 Å². The molecule has 1 saturated heterocycles. The van der Waals surface area contributed by atoms with Crippen molar-refractivity contribution in [2.45, 2.75) is 38.9 Å². The van der Waals surface area contributed by atoms with Crippen LogP contribution in [-0.2, 0) is 13.1 Å². The zero-order valence-corrected chi connectivity index (χ0v) is 13.9. The Hall–Kier alpha value is -2.48. The SMILES string of the molecule is CCn1cnc(NC(=O)NC2CCN(Cc3cccnc3)CC2)n1. The van der Waals surface area contributed by atoms with Crippen molar-refractivity contribution in [1.82, 2.24) is 30.0 Å². The number of piperidine rings is 1. The van der Waals surface area contributed by atoms with E-state index in [0.29, 0.717) is 5.95 Å². The number of aromatic nitrogens is 4. The summed E-state index contributed by atoms with van der Waals surface area (Å²) in [5.74, 6) is 0.336. The molecule has 128 valence electrons. The predicted molar refractivity (Wildman–Crippen MR) is 90.4 cm³/mol. The summed E-state index contributed by atoms with van der Waals surface area (Å²) in [4.78, 5) is 22.6. The lowest BCUT2D eigenvalue weighted by molar-refractivity contribution is 0.189. The summed E-state index contributed by atoms with van der Waals surface area (Å²) in [6.07, 6.45) is 7.17. The number of rotatable bonds is 5. The van der Waals surface area contributed by atoms with Crippen LogP contribution in [0.1, 0.15) is 25.3 Å². The van der Waals surface area contributed by atoms with Crippen molar-refractivity contribution in [2.24, 2.45) is 0 Å². The number of urea groups is 1. The van der Waals surface area contributed by atoms with E-state index in [-0.39, 0.29) is 12.1 Å². The second-order valence-corrected chi connectivity index (χ2v) is 5.93. The van der Waals surface area contributed by atoms with Gasteiger partial charge in [0.25, 0.3) is 0 Å². The first-order chi connectivity index (χ1) is 11.7. The summed E-state index contributed by atoms with van der Waals surface area (Å²) in [5.41, 5.74) is 1.22. The topological polar surface area (TPSA) is 88.0 Å². The zero-order valence-electron chi connectivity index (χ0n) is 13.9. The molecule has 1 fully saturated rings. The Balaban J connectivity index is 1.41. The first kappa shape index (κ1) is 16.4. The van der Waals surface area contributed by atoms with E-state index in [4.69, 9.17) is 0 Å². The fourth-order valence-electron chi connectivity index (χ4n) is 2.81. The number of aryl methyl sites for hydroxylation is 1. The minimum Gasteiger partial charge on any atom is -0.335 e. The van der Waals surface area contributed by atoms with E-state index in [1.807, 2.05) is 19.2 Å². The van der Waals surface area contributed by atoms with Crippen LogP contribution in [0.25, 0.3) is 0 Å². The van der Waals surface area contributed by atoms with Gasteiger partial charge in [0.05, 0.1) is 0 Å². The highest BCUT2D eigenvalue weighted by Gasteiger charge is 2.21. The zero-order chi connectivity index (χ0) is 16.8. The van der Waals surface area contributed by atoms with Gasteiger partial charge in [-0.25, -0.2) is 9.78 Å². The van der Waals surface area contributed by atoms with Crippen LogP contribution in [0.2, 0.25) is 0 Å². The van der Waals surface area contributed by atoms with E-state index in [9.17, 15) is 4.79 Å². The molecule has 0 unspecified atom stereocenters. The number of hydrogen-bond donors (Lipinski definition) is 2. The summed E-state index contributed by atoms with van der Waals surface area (Å²) in [6, 6.07) is 3.99. The molecule has 2 aromatic rings. The average Bonchev–Trinajstić information content (AvgIpc) is 3.05. The Morgan fingerprint density at radius 1 is 1.38 bits per heavy atom. The molecule has 0 bridgehead atoms. The molecule has 8 nitrogen and oxygen atoms in total. The fourth-order valence-corrected chi connectivity index (χ4v) is 2.81. The monoisotopic (exact) mass is 329 g/mol. The summed E-state index contributed by atoms with van der Waals surface area (Å²) < 4.78 is 1.67. The highest BCUT2D eigenvalue weighted by atomic mass is 16.2. The molecule has 0 atom stereocenters. The van der Waals surface area contributed by atoms with Gasteiger partial charge in [0, 0.05) is 44.6 Å². The second-order valence-electron chi connectivity index (χ2n) is 5.93. The normalized spacial score (nSPS) is 16.0. The molecule has 2 N–H and O–H groups in total. The first-order valence-corrected chi connectivity index (χ1v) is 8.31. The highest BCUT2D eigenvalue weighted by molar-refractivity contribution is 5.87. The number of carbonyl (C=O) groups excluding carboxylic acids is 1. The molecule has 1 aliphatic rings. The summed E-state index contributed by atoms with van der Waals surface area (Å²) in [5, 5.41) is 9.82. The Labute approximate surface area is 141 Å². The third-order valence-electron chi connectivity index (χ3n) is 4.14. The van der Waals surface area contributed by atoms with Gasteiger partial charge in [0.15, 0.2) is 0 Å². The van der Waals surface area contributed by atoms with Crippen LogP contribution in [0, 0.1) is 0 Å². The summed E-state index contributed by atoms with van der Waals surface area (Å²) in [7, 11) is 0. The van der Waals surface area contributed by atoms with E-state index in [1.165, 1.54) is 5.56 Å². The first-order valence-electron chi connectivity index (χ1n) is 8.31. The number of anilines is 1. The smallest absolute Gasteiger partial charge is 0.321 e. The molecule has 2 amide bonds. The standard InChI is InChI=1S/C16H23N7O/c1-2-23-12-18-15(21-23)20-16(24)19-14-5-8-22(9-6-14)11-13-4-3-7-17-10-13/h3-4,7,10,12,14H,2,5-6,8-9,11H2,1H3,(H2,19,20,21,24). The predicted octanol–water partition coefficient (Wildman–Crippen LogP) is 1.48. The maximum Gasteiger partial charge on any atom is 0.321 e.